The van der Waals surface area contributed by atoms with Crippen molar-refractivity contribution in [3.8, 4) is 22.6 Å². The van der Waals surface area contributed by atoms with Crippen molar-refractivity contribution in [2.24, 2.45) is 0 Å². The minimum atomic E-state index is -0.343. The van der Waals surface area contributed by atoms with E-state index in [1.54, 1.807) is 4.57 Å². The lowest BCUT2D eigenvalue weighted by Crippen LogP contribution is -2.16. The van der Waals surface area contributed by atoms with Crippen LogP contribution < -0.4 is 5.76 Å². The van der Waals surface area contributed by atoms with E-state index in [0.29, 0.717) is 12.3 Å². The van der Waals surface area contributed by atoms with Crippen LogP contribution in [-0.4, -0.2) is 4.57 Å². The summed E-state index contributed by atoms with van der Waals surface area (Å²) in [5.74, 6) is 0.268. The fourth-order valence-corrected chi connectivity index (χ4v) is 3.21. The van der Waals surface area contributed by atoms with Crippen LogP contribution in [-0.2, 0) is 6.54 Å². The van der Waals surface area contributed by atoms with Crippen LogP contribution in [0, 0.1) is 13.8 Å². The molecule has 3 heteroatoms. The van der Waals surface area contributed by atoms with Crippen molar-refractivity contribution >= 4 is 0 Å². The number of hydrogen-bond donors (Lipinski definition) is 0. The van der Waals surface area contributed by atoms with Crippen LogP contribution in [0.2, 0.25) is 0 Å². The third-order valence-electron chi connectivity index (χ3n) is 4.72. The summed E-state index contributed by atoms with van der Waals surface area (Å²) in [5, 5.41) is 0. The van der Waals surface area contributed by atoms with Gasteiger partial charge < -0.3 is 4.42 Å². The Hall–Kier alpha value is -3.33. The van der Waals surface area contributed by atoms with Gasteiger partial charge in [0.2, 0.25) is 0 Å². The summed E-state index contributed by atoms with van der Waals surface area (Å²) in [6, 6.07) is 26.2. The number of benzene rings is 3. The van der Waals surface area contributed by atoms with E-state index in [-0.39, 0.29) is 5.76 Å². The molecule has 0 radical (unpaired) electrons. The van der Waals surface area contributed by atoms with Gasteiger partial charge in [0.05, 0.1) is 12.2 Å². The molecule has 4 rings (SSSR count). The molecule has 134 valence electrons. The Labute approximate surface area is 158 Å². The summed E-state index contributed by atoms with van der Waals surface area (Å²) >= 11 is 0. The molecule has 0 atom stereocenters. The Morgan fingerprint density at radius 2 is 1.30 bits per heavy atom. The molecule has 0 aliphatic heterocycles. The Morgan fingerprint density at radius 3 is 1.89 bits per heavy atom. The maximum Gasteiger partial charge on any atom is 0.420 e. The van der Waals surface area contributed by atoms with E-state index in [0.717, 1.165) is 22.4 Å². The molecule has 0 spiro atoms. The van der Waals surface area contributed by atoms with E-state index in [2.05, 4.69) is 19.1 Å². The first-order valence-corrected chi connectivity index (χ1v) is 9.03. The van der Waals surface area contributed by atoms with Gasteiger partial charge in [-0.3, -0.25) is 4.57 Å². The van der Waals surface area contributed by atoms with Crippen LogP contribution >= 0.6 is 0 Å². The summed E-state index contributed by atoms with van der Waals surface area (Å²) in [4.78, 5) is 12.7. The van der Waals surface area contributed by atoms with Gasteiger partial charge in [-0.05, 0) is 19.4 Å². The molecule has 3 aromatic carbocycles. The second-order valence-electron chi connectivity index (χ2n) is 6.85. The molecule has 0 fully saturated rings. The SMILES string of the molecule is Cc1ccc(-c2oc(=O)n(Cc3ccccc3)c2-c2ccc(C)cc2)cc1. The molecule has 0 aliphatic carbocycles. The average Bonchev–Trinajstić information content (AvgIpc) is 3.00. The molecule has 0 aliphatic rings. The maximum atomic E-state index is 12.7. The van der Waals surface area contributed by atoms with E-state index < -0.39 is 0 Å². The summed E-state index contributed by atoms with van der Waals surface area (Å²) in [5.41, 5.74) is 6.09. The third kappa shape index (κ3) is 3.49. The average molecular weight is 355 g/mol. The van der Waals surface area contributed by atoms with Gasteiger partial charge in [0.25, 0.3) is 0 Å². The lowest BCUT2D eigenvalue weighted by atomic mass is 10.0. The van der Waals surface area contributed by atoms with Crippen molar-refractivity contribution in [2.45, 2.75) is 20.4 Å². The van der Waals surface area contributed by atoms with Gasteiger partial charge in [0, 0.05) is 11.1 Å². The Bertz CT molecular complexity index is 1100. The summed E-state index contributed by atoms with van der Waals surface area (Å²) in [6.45, 7) is 4.57. The highest BCUT2D eigenvalue weighted by Crippen LogP contribution is 2.32. The van der Waals surface area contributed by atoms with Gasteiger partial charge in [0.15, 0.2) is 5.76 Å². The van der Waals surface area contributed by atoms with Crippen LogP contribution in [0.1, 0.15) is 16.7 Å². The lowest BCUT2D eigenvalue weighted by Gasteiger charge is -2.09. The fourth-order valence-electron chi connectivity index (χ4n) is 3.21. The van der Waals surface area contributed by atoms with Crippen molar-refractivity contribution in [1.29, 1.82) is 0 Å². The molecule has 1 heterocycles. The quantitative estimate of drug-likeness (QED) is 0.488. The van der Waals surface area contributed by atoms with Crippen LogP contribution in [0.5, 0.6) is 0 Å². The van der Waals surface area contributed by atoms with Crippen molar-refractivity contribution in [3.63, 3.8) is 0 Å². The van der Waals surface area contributed by atoms with Crippen LogP contribution in [0.15, 0.2) is 88.1 Å². The molecule has 0 N–H and O–H groups in total. The van der Waals surface area contributed by atoms with Crippen molar-refractivity contribution in [1.82, 2.24) is 4.57 Å². The largest absolute Gasteiger partial charge is 0.420 e. The number of aromatic nitrogens is 1. The number of hydrogen-bond acceptors (Lipinski definition) is 2. The minimum absolute atomic E-state index is 0.343. The first-order chi connectivity index (χ1) is 13.1. The number of oxazole rings is 1. The Balaban J connectivity index is 1.91. The molecule has 0 unspecified atom stereocenters. The van der Waals surface area contributed by atoms with Crippen LogP contribution in [0.25, 0.3) is 22.6 Å². The highest BCUT2D eigenvalue weighted by molar-refractivity contribution is 5.77. The van der Waals surface area contributed by atoms with E-state index >= 15 is 0 Å². The molecule has 4 aromatic rings. The second kappa shape index (κ2) is 7.12. The van der Waals surface area contributed by atoms with Crippen molar-refractivity contribution in [3.05, 3.63) is 106 Å². The maximum absolute atomic E-state index is 12.7. The fraction of sp³-hybridized carbons (Fsp3) is 0.125. The van der Waals surface area contributed by atoms with E-state index in [1.165, 1.54) is 11.1 Å². The molecular formula is C24H21NO2. The monoisotopic (exact) mass is 355 g/mol. The number of rotatable bonds is 4. The molecule has 27 heavy (non-hydrogen) atoms. The van der Waals surface area contributed by atoms with Gasteiger partial charge in [0.1, 0.15) is 0 Å². The Morgan fingerprint density at radius 1 is 0.741 bits per heavy atom. The van der Waals surface area contributed by atoms with Crippen LogP contribution in [0.3, 0.4) is 0 Å². The highest BCUT2D eigenvalue weighted by Gasteiger charge is 2.20. The smallest absolute Gasteiger partial charge is 0.407 e. The van der Waals surface area contributed by atoms with E-state index in [4.69, 9.17) is 4.42 Å². The lowest BCUT2D eigenvalue weighted by molar-refractivity contribution is 0.497. The molecule has 0 bridgehead atoms. The minimum Gasteiger partial charge on any atom is -0.407 e. The van der Waals surface area contributed by atoms with Gasteiger partial charge in [-0.1, -0.05) is 90.0 Å². The Kier molecular flexibility index (Phi) is 4.51. The highest BCUT2D eigenvalue weighted by atomic mass is 16.4. The van der Waals surface area contributed by atoms with Gasteiger partial charge in [-0.2, -0.15) is 0 Å². The van der Waals surface area contributed by atoms with Crippen LogP contribution in [0.4, 0.5) is 0 Å². The van der Waals surface area contributed by atoms with Gasteiger partial charge >= 0.3 is 5.76 Å². The number of nitrogens with zero attached hydrogens (tertiary/aromatic N) is 1. The van der Waals surface area contributed by atoms with Crippen molar-refractivity contribution in [2.75, 3.05) is 0 Å². The summed E-state index contributed by atoms with van der Waals surface area (Å²) < 4.78 is 7.45. The molecular weight excluding hydrogens is 334 g/mol. The zero-order valence-electron chi connectivity index (χ0n) is 15.5. The van der Waals surface area contributed by atoms with E-state index in [9.17, 15) is 4.79 Å². The summed E-state index contributed by atoms with van der Waals surface area (Å²) in [6.07, 6.45) is 0. The molecule has 0 saturated carbocycles. The predicted octanol–water partition coefficient (Wildman–Crippen LogP) is 5.44. The molecule has 3 nitrogen and oxygen atoms in total. The molecule has 1 aromatic heterocycles. The second-order valence-corrected chi connectivity index (χ2v) is 6.85. The topological polar surface area (TPSA) is 35.1 Å². The van der Waals surface area contributed by atoms with E-state index in [1.807, 2.05) is 73.7 Å². The first-order valence-electron chi connectivity index (χ1n) is 9.03. The zero-order chi connectivity index (χ0) is 18.8. The van der Waals surface area contributed by atoms with Gasteiger partial charge in [-0.25, -0.2) is 4.79 Å². The molecule has 0 saturated heterocycles. The molecule has 0 amide bonds. The van der Waals surface area contributed by atoms with Gasteiger partial charge in [-0.15, -0.1) is 0 Å². The first kappa shape index (κ1) is 17.1. The standard InChI is InChI=1S/C24H21NO2/c1-17-8-12-20(13-9-17)22-23(21-14-10-18(2)11-15-21)27-24(26)25(22)16-19-6-4-3-5-7-19/h3-15H,16H2,1-2H3. The van der Waals surface area contributed by atoms with Crippen molar-refractivity contribution < 1.29 is 4.42 Å². The number of aryl methyl sites for hydroxylation is 2. The zero-order valence-corrected chi connectivity index (χ0v) is 15.5. The summed E-state index contributed by atoms with van der Waals surface area (Å²) in [7, 11) is 0. The third-order valence-corrected chi connectivity index (χ3v) is 4.72. The predicted molar refractivity (Wildman–Crippen MR) is 109 cm³/mol. The normalized spacial score (nSPS) is 10.9.